The van der Waals surface area contributed by atoms with Gasteiger partial charge in [-0.1, -0.05) is 80.2 Å². The fourth-order valence-electron chi connectivity index (χ4n) is 1.72. The van der Waals surface area contributed by atoms with Gasteiger partial charge in [-0.05, 0) is 36.3 Å². The molecule has 0 heterocycles. The second-order valence-electron chi connectivity index (χ2n) is 3.44. The van der Waals surface area contributed by atoms with E-state index >= 15 is 0 Å². The van der Waals surface area contributed by atoms with E-state index in [1.54, 1.807) is 0 Å². The molecule has 0 nitrogen and oxygen atoms in total. The van der Waals surface area contributed by atoms with Gasteiger partial charge in [0.05, 0.1) is 0 Å². The first kappa shape index (κ1) is 22.4. The van der Waals surface area contributed by atoms with Gasteiger partial charge in [-0.25, -0.2) is 0 Å². The zero-order valence-corrected chi connectivity index (χ0v) is 14.1. The molecule has 0 saturated heterocycles. The maximum atomic E-state index is 3.84. The van der Waals surface area contributed by atoms with Crippen LogP contribution >= 0.6 is 0 Å². The van der Waals surface area contributed by atoms with Crippen molar-refractivity contribution < 1.29 is 0 Å². The van der Waals surface area contributed by atoms with E-state index in [1.807, 2.05) is 47.6 Å². The lowest BCUT2D eigenvalue weighted by atomic mass is 10.0. The van der Waals surface area contributed by atoms with Gasteiger partial charge >= 0.3 is 0 Å². The zero-order valence-electron chi connectivity index (χ0n) is 14.1. The fraction of sp³-hybridized carbons (Fsp3) is 0.667. The van der Waals surface area contributed by atoms with Gasteiger partial charge in [0.25, 0.3) is 0 Å². The Hall–Kier alpha value is -0.780. The summed E-state index contributed by atoms with van der Waals surface area (Å²) in [5.74, 6) is 0.737. The van der Waals surface area contributed by atoms with Crippen LogP contribution in [0.4, 0.5) is 0 Å². The Morgan fingerprint density at radius 1 is 1.11 bits per heavy atom. The third-order valence-corrected chi connectivity index (χ3v) is 2.53. The SMILES string of the molecule is C=CC1=C(/C=C\CC)C(C)CC1.CC.CC.CC. The molecule has 0 aromatic rings. The number of allylic oxidation sites excluding steroid dienone is 5. The molecule has 0 aromatic carbocycles. The van der Waals surface area contributed by atoms with Crippen molar-refractivity contribution in [2.45, 2.75) is 74.7 Å². The van der Waals surface area contributed by atoms with Crippen LogP contribution in [0.15, 0.2) is 36.0 Å². The molecule has 0 amide bonds. The maximum absolute atomic E-state index is 3.84. The average Bonchev–Trinajstić information content (AvgIpc) is 2.83. The predicted molar refractivity (Wildman–Crippen MR) is 89.1 cm³/mol. The van der Waals surface area contributed by atoms with Gasteiger partial charge < -0.3 is 0 Å². The molecule has 1 rings (SSSR count). The van der Waals surface area contributed by atoms with Crippen LogP contribution in [-0.4, -0.2) is 0 Å². The standard InChI is InChI=1S/C12H18.3C2H6/c1-4-6-7-12-10(3)8-9-11(12)5-2;3*1-2/h5-7,10H,2,4,8-9H2,1,3H3;3*1-2H3/b7-6-;;;. The minimum Gasteiger partial charge on any atom is -0.0988 e. The molecule has 1 aliphatic carbocycles. The van der Waals surface area contributed by atoms with Gasteiger partial charge in [0.15, 0.2) is 0 Å². The van der Waals surface area contributed by atoms with E-state index in [1.165, 1.54) is 24.0 Å². The van der Waals surface area contributed by atoms with E-state index in [9.17, 15) is 0 Å². The highest BCUT2D eigenvalue weighted by Crippen LogP contribution is 2.32. The molecule has 0 fully saturated rings. The molecule has 0 aromatic heterocycles. The lowest BCUT2D eigenvalue weighted by Gasteiger charge is -2.03. The predicted octanol–water partition coefficient (Wildman–Crippen LogP) is 6.94. The Morgan fingerprint density at radius 3 is 2.00 bits per heavy atom. The van der Waals surface area contributed by atoms with Crippen molar-refractivity contribution >= 4 is 0 Å². The second kappa shape index (κ2) is 18.6. The highest BCUT2D eigenvalue weighted by Gasteiger charge is 2.17. The molecule has 1 atom stereocenters. The van der Waals surface area contributed by atoms with Crippen molar-refractivity contribution in [2.24, 2.45) is 5.92 Å². The fourth-order valence-corrected chi connectivity index (χ4v) is 1.72. The highest BCUT2D eigenvalue weighted by atomic mass is 14.2. The van der Waals surface area contributed by atoms with Crippen LogP contribution in [0.1, 0.15) is 74.7 Å². The minimum atomic E-state index is 0.737. The summed E-state index contributed by atoms with van der Waals surface area (Å²) in [6.07, 6.45) is 10.2. The number of hydrogen-bond donors (Lipinski definition) is 0. The monoisotopic (exact) mass is 252 g/mol. The number of rotatable bonds is 3. The molecular weight excluding hydrogens is 216 g/mol. The largest absolute Gasteiger partial charge is 0.0988 e. The third kappa shape index (κ3) is 9.27. The summed E-state index contributed by atoms with van der Waals surface area (Å²) in [5.41, 5.74) is 2.96. The van der Waals surface area contributed by atoms with E-state index in [2.05, 4.69) is 32.6 Å². The first-order valence-corrected chi connectivity index (χ1v) is 7.81. The summed E-state index contributed by atoms with van der Waals surface area (Å²) in [7, 11) is 0. The summed E-state index contributed by atoms with van der Waals surface area (Å²) >= 11 is 0. The Bertz CT molecular complexity index is 218. The second-order valence-corrected chi connectivity index (χ2v) is 3.44. The normalized spacial score (nSPS) is 17.0. The van der Waals surface area contributed by atoms with E-state index in [0.29, 0.717) is 0 Å². The van der Waals surface area contributed by atoms with Gasteiger partial charge in [-0.2, -0.15) is 0 Å². The maximum Gasteiger partial charge on any atom is -0.0185 e. The van der Waals surface area contributed by atoms with Gasteiger partial charge in [0.1, 0.15) is 0 Å². The molecule has 1 unspecified atom stereocenters. The summed E-state index contributed by atoms with van der Waals surface area (Å²) < 4.78 is 0. The summed E-state index contributed by atoms with van der Waals surface area (Å²) in [5, 5.41) is 0. The summed E-state index contributed by atoms with van der Waals surface area (Å²) in [6, 6.07) is 0. The Morgan fingerprint density at radius 2 is 1.61 bits per heavy atom. The quantitative estimate of drug-likeness (QED) is 0.510. The molecule has 0 spiro atoms. The van der Waals surface area contributed by atoms with Crippen molar-refractivity contribution in [2.75, 3.05) is 0 Å². The van der Waals surface area contributed by atoms with Crippen molar-refractivity contribution in [1.82, 2.24) is 0 Å². The van der Waals surface area contributed by atoms with Crippen LogP contribution in [0.5, 0.6) is 0 Å². The van der Waals surface area contributed by atoms with Gasteiger partial charge in [-0.15, -0.1) is 0 Å². The first-order chi connectivity index (χ1) is 8.79. The molecule has 0 saturated carbocycles. The molecule has 108 valence electrons. The van der Waals surface area contributed by atoms with Gasteiger partial charge in [-0.3, -0.25) is 0 Å². The van der Waals surface area contributed by atoms with Crippen LogP contribution in [0.25, 0.3) is 0 Å². The van der Waals surface area contributed by atoms with E-state index in [0.717, 1.165) is 12.3 Å². The minimum absolute atomic E-state index is 0.737. The zero-order chi connectivity index (χ0) is 15.0. The van der Waals surface area contributed by atoms with Gasteiger partial charge in [0.2, 0.25) is 0 Å². The van der Waals surface area contributed by atoms with Crippen molar-refractivity contribution in [1.29, 1.82) is 0 Å². The molecule has 1 aliphatic rings. The summed E-state index contributed by atoms with van der Waals surface area (Å²) in [6.45, 7) is 20.3. The van der Waals surface area contributed by atoms with Crippen LogP contribution < -0.4 is 0 Å². The first-order valence-electron chi connectivity index (χ1n) is 7.81. The van der Waals surface area contributed by atoms with Crippen molar-refractivity contribution in [3.63, 3.8) is 0 Å². The van der Waals surface area contributed by atoms with Crippen molar-refractivity contribution in [3.8, 4) is 0 Å². The summed E-state index contributed by atoms with van der Waals surface area (Å²) in [4.78, 5) is 0. The molecule has 18 heavy (non-hydrogen) atoms. The molecule has 0 radical (unpaired) electrons. The average molecular weight is 252 g/mol. The molecular formula is C18H36. The van der Waals surface area contributed by atoms with Crippen LogP contribution in [0.3, 0.4) is 0 Å². The smallest absolute Gasteiger partial charge is 0.0185 e. The third-order valence-electron chi connectivity index (χ3n) is 2.53. The molecule has 0 heteroatoms. The van der Waals surface area contributed by atoms with E-state index < -0.39 is 0 Å². The Labute approximate surface area is 117 Å². The Balaban J connectivity index is -0.000000328. The highest BCUT2D eigenvalue weighted by molar-refractivity contribution is 5.37. The van der Waals surface area contributed by atoms with E-state index in [-0.39, 0.29) is 0 Å². The van der Waals surface area contributed by atoms with E-state index in [4.69, 9.17) is 0 Å². The lowest BCUT2D eigenvalue weighted by Crippen LogP contribution is -1.89. The van der Waals surface area contributed by atoms with Gasteiger partial charge in [0, 0.05) is 0 Å². The Kier molecular flexibility index (Phi) is 23.1. The molecule has 0 aliphatic heterocycles. The molecule has 0 bridgehead atoms. The number of hydrogen-bond acceptors (Lipinski definition) is 0. The van der Waals surface area contributed by atoms with Crippen molar-refractivity contribution in [3.05, 3.63) is 36.0 Å². The molecule has 0 N–H and O–H groups in total. The lowest BCUT2D eigenvalue weighted by molar-refractivity contribution is 0.680. The topological polar surface area (TPSA) is 0 Å². The van der Waals surface area contributed by atoms with Crippen LogP contribution in [0, 0.1) is 5.92 Å². The van der Waals surface area contributed by atoms with Crippen LogP contribution in [-0.2, 0) is 0 Å². The van der Waals surface area contributed by atoms with Crippen LogP contribution in [0.2, 0.25) is 0 Å².